The molecule has 0 aliphatic heterocycles. The lowest BCUT2D eigenvalue weighted by molar-refractivity contribution is 0.283. The molecular formula is C6H16O3Si3. The Morgan fingerprint density at radius 3 is 2.33 bits per heavy atom. The Hall–Kier alpha value is 0.531. The highest BCUT2D eigenvalue weighted by molar-refractivity contribution is 6.73. The fourth-order valence-electron chi connectivity index (χ4n) is 0.336. The Bertz CT molecular complexity index is 105. The van der Waals surface area contributed by atoms with Gasteiger partial charge in [0, 0.05) is 6.61 Å². The van der Waals surface area contributed by atoms with E-state index in [2.05, 4.69) is 26.6 Å². The molecule has 4 radical (unpaired) electrons. The molecule has 0 aromatic heterocycles. The van der Waals surface area contributed by atoms with Gasteiger partial charge in [0.15, 0.2) is 8.32 Å². The Balaban J connectivity index is 3.01. The van der Waals surface area contributed by atoms with Crippen LogP contribution in [-0.2, 0) is 12.7 Å². The smallest absolute Gasteiger partial charge is 0.423 e. The molecule has 0 saturated carbocycles. The van der Waals surface area contributed by atoms with Gasteiger partial charge in [0.25, 0.3) is 0 Å². The van der Waals surface area contributed by atoms with Gasteiger partial charge in [0.2, 0.25) is 0 Å². The summed E-state index contributed by atoms with van der Waals surface area (Å²) in [4.78, 5) is 0. The van der Waals surface area contributed by atoms with Crippen LogP contribution in [0, 0.1) is 0 Å². The van der Waals surface area contributed by atoms with Gasteiger partial charge in [-0.15, -0.1) is 0 Å². The summed E-state index contributed by atoms with van der Waals surface area (Å²) in [5, 5.41) is 0. The molecule has 3 nitrogen and oxygen atoms in total. The molecule has 6 heteroatoms. The van der Waals surface area contributed by atoms with Crippen molar-refractivity contribution < 1.29 is 12.7 Å². The van der Waals surface area contributed by atoms with Crippen molar-refractivity contribution in [2.24, 2.45) is 0 Å². The molecule has 0 spiro atoms. The predicted molar refractivity (Wildman–Crippen MR) is 53.3 cm³/mol. The average Bonchev–Trinajstić information content (AvgIpc) is 1.94. The zero-order valence-electron chi connectivity index (χ0n) is 8.14. The van der Waals surface area contributed by atoms with Crippen LogP contribution in [0.3, 0.4) is 0 Å². The van der Waals surface area contributed by atoms with Crippen LogP contribution >= 0.6 is 0 Å². The van der Waals surface area contributed by atoms with Crippen LogP contribution in [0.2, 0.25) is 19.6 Å². The summed E-state index contributed by atoms with van der Waals surface area (Å²) < 4.78 is 15.8. The van der Waals surface area contributed by atoms with Gasteiger partial charge in [-0.1, -0.05) is 6.92 Å². The van der Waals surface area contributed by atoms with E-state index in [0.717, 1.165) is 13.0 Å². The molecule has 0 saturated heterocycles. The third kappa shape index (κ3) is 10.5. The summed E-state index contributed by atoms with van der Waals surface area (Å²) in [6.07, 6.45) is 1.04. The van der Waals surface area contributed by atoms with Gasteiger partial charge in [0.05, 0.1) is 0 Å². The second kappa shape index (κ2) is 6.98. The largest absolute Gasteiger partial charge is 0.435 e. The molecule has 0 heterocycles. The Kier molecular flexibility index (Phi) is 7.29. The lowest BCUT2D eigenvalue weighted by Gasteiger charge is -2.15. The van der Waals surface area contributed by atoms with E-state index < -0.39 is 8.32 Å². The highest BCUT2D eigenvalue weighted by atomic mass is 28.4. The van der Waals surface area contributed by atoms with Gasteiger partial charge in [0.1, 0.15) is 0 Å². The van der Waals surface area contributed by atoms with Gasteiger partial charge < -0.3 is 12.7 Å². The van der Waals surface area contributed by atoms with Crippen molar-refractivity contribution in [2.45, 2.75) is 33.0 Å². The summed E-state index contributed by atoms with van der Waals surface area (Å²) in [7, 11) is -1.11. The summed E-state index contributed by atoms with van der Waals surface area (Å²) in [6, 6.07) is 0. The molecule has 0 rings (SSSR count). The van der Waals surface area contributed by atoms with Crippen LogP contribution in [0.4, 0.5) is 0 Å². The van der Waals surface area contributed by atoms with Crippen molar-refractivity contribution in [3.05, 3.63) is 0 Å². The van der Waals surface area contributed by atoms with Crippen LogP contribution in [0.1, 0.15) is 13.3 Å². The Labute approximate surface area is 81.1 Å². The van der Waals surface area contributed by atoms with Gasteiger partial charge in [-0.3, -0.25) is 0 Å². The van der Waals surface area contributed by atoms with E-state index in [1.54, 1.807) is 0 Å². The van der Waals surface area contributed by atoms with Crippen LogP contribution < -0.4 is 0 Å². The standard InChI is InChI=1S/C6H16O3Si3/c1-5-6-7-10-8-11-9-12(2,3)4/h5-6H2,1-4H3. The molecular weight excluding hydrogens is 204 g/mol. The van der Waals surface area contributed by atoms with E-state index in [1.165, 1.54) is 0 Å². The molecule has 0 fully saturated rings. The van der Waals surface area contributed by atoms with E-state index in [0.29, 0.717) is 0 Å². The Morgan fingerprint density at radius 2 is 1.83 bits per heavy atom. The maximum Gasteiger partial charge on any atom is 0.423 e. The third-order valence-electron chi connectivity index (χ3n) is 0.796. The number of rotatable bonds is 7. The second-order valence-electron chi connectivity index (χ2n) is 3.33. The first kappa shape index (κ1) is 12.5. The van der Waals surface area contributed by atoms with Crippen molar-refractivity contribution in [1.29, 1.82) is 0 Å². The maximum absolute atomic E-state index is 5.48. The highest BCUT2D eigenvalue weighted by Gasteiger charge is 2.14. The summed E-state index contributed by atoms with van der Waals surface area (Å²) in [5.41, 5.74) is 0. The fourth-order valence-corrected chi connectivity index (χ4v) is 2.54. The minimum Gasteiger partial charge on any atom is -0.435 e. The van der Waals surface area contributed by atoms with Crippen molar-refractivity contribution in [1.82, 2.24) is 0 Å². The summed E-state index contributed by atoms with van der Waals surface area (Å²) in [6.45, 7) is 9.26. The lowest BCUT2D eigenvalue weighted by Crippen LogP contribution is -2.29. The topological polar surface area (TPSA) is 27.7 Å². The van der Waals surface area contributed by atoms with E-state index >= 15 is 0 Å². The Morgan fingerprint density at radius 1 is 1.17 bits per heavy atom. The van der Waals surface area contributed by atoms with Crippen LogP contribution in [0.25, 0.3) is 0 Å². The van der Waals surface area contributed by atoms with E-state index in [-0.39, 0.29) is 20.0 Å². The van der Waals surface area contributed by atoms with Crippen LogP contribution in [-0.4, -0.2) is 34.9 Å². The molecule has 0 aliphatic rings. The maximum atomic E-state index is 5.48. The van der Waals surface area contributed by atoms with E-state index in [1.807, 2.05) is 0 Å². The predicted octanol–water partition coefficient (Wildman–Crippen LogP) is 1.35. The molecule has 0 bridgehead atoms. The van der Waals surface area contributed by atoms with Crippen LogP contribution in [0.15, 0.2) is 0 Å². The first-order chi connectivity index (χ1) is 5.56. The zero-order valence-corrected chi connectivity index (χ0v) is 11.1. The average molecular weight is 220 g/mol. The van der Waals surface area contributed by atoms with E-state index in [4.69, 9.17) is 12.7 Å². The molecule has 12 heavy (non-hydrogen) atoms. The number of hydrogen-bond donors (Lipinski definition) is 0. The fraction of sp³-hybridized carbons (Fsp3) is 1.00. The number of hydrogen-bond acceptors (Lipinski definition) is 3. The van der Waals surface area contributed by atoms with Gasteiger partial charge in [-0.2, -0.15) is 0 Å². The monoisotopic (exact) mass is 220 g/mol. The van der Waals surface area contributed by atoms with E-state index in [9.17, 15) is 0 Å². The summed E-state index contributed by atoms with van der Waals surface area (Å²) in [5.74, 6) is 0. The van der Waals surface area contributed by atoms with Crippen LogP contribution in [0.5, 0.6) is 0 Å². The normalized spacial score (nSPS) is 12.0. The molecule has 70 valence electrons. The van der Waals surface area contributed by atoms with Gasteiger partial charge in [-0.05, 0) is 26.1 Å². The third-order valence-corrected chi connectivity index (χ3v) is 4.57. The molecule has 0 aromatic carbocycles. The SMILES string of the molecule is CCCO[Si]O[Si]O[Si](C)(C)C. The van der Waals surface area contributed by atoms with Gasteiger partial charge in [-0.25, -0.2) is 0 Å². The minimum absolute atomic E-state index is 0.135. The first-order valence-corrected chi connectivity index (χ1v) is 9.06. The van der Waals surface area contributed by atoms with Crippen molar-refractivity contribution in [3.63, 3.8) is 0 Å². The molecule has 0 N–H and O–H groups in total. The zero-order chi connectivity index (χ0) is 9.45. The molecule has 0 aromatic rings. The van der Waals surface area contributed by atoms with Gasteiger partial charge >= 0.3 is 20.0 Å². The van der Waals surface area contributed by atoms with Crippen molar-refractivity contribution >= 4 is 28.3 Å². The lowest BCUT2D eigenvalue weighted by atomic mass is 10.5. The minimum atomic E-state index is -1.39. The van der Waals surface area contributed by atoms with Crippen molar-refractivity contribution in [2.75, 3.05) is 6.61 Å². The van der Waals surface area contributed by atoms with Crippen molar-refractivity contribution in [3.8, 4) is 0 Å². The summed E-state index contributed by atoms with van der Waals surface area (Å²) >= 11 is 0. The molecule has 0 atom stereocenters. The second-order valence-corrected chi connectivity index (χ2v) is 9.81. The highest BCUT2D eigenvalue weighted by Crippen LogP contribution is 2.00. The first-order valence-electron chi connectivity index (χ1n) is 4.02. The molecule has 0 amide bonds. The quantitative estimate of drug-likeness (QED) is 0.479. The molecule has 0 aliphatic carbocycles. The molecule has 0 unspecified atom stereocenters.